The molecule has 0 aliphatic heterocycles. The molecule has 2 nitrogen and oxygen atoms in total. The van der Waals surface area contributed by atoms with Crippen molar-refractivity contribution in [1.29, 1.82) is 0 Å². The second kappa shape index (κ2) is 5.55. The Hall–Kier alpha value is -2.00. The lowest BCUT2D eigenvalue weighted by Crippen LogP contribution is -1.98. The van der Waals surface area contributed by atoms with Crippen molar-refractivity contribution in [2.45, 2.75) is 5.75 Å². The van der Waals surface area contributed by atoms with E-state index < -0.39 is 5.97 Å². The van der Waals surface area contributed by atoms with Gasteiger partial charge < -0.3 is 5.11 Å². The van der Waals surface area contributed by atoms with E-state index >= 15 is 0 Å². The molecule has 0 radical (unpaired) electrons. The van der Waals surface area contributed by atoms with Crippen LogP contribution in [-0.2, 0) is 10.5 Å². The minimum Gasteiger partial charge on any atom is -0.481 e. The summed E-state index contributed by atoms with van der Waals surface area (Å²) < 4.78 is 0. The summed E-state index contributed by atoms with van der Waals surface area (Å²) in [6.45, 7) is 0. The fourth-order valence-corrected chi connectivity index (χ4v) is 3.30. The van der Waals surface area contributed by atoms with Crippen LogP contribution >= 0.6 is 11.8 Å². The monoisotopic (exact) mass is 282 g/mol. The molecule has 0 bridgehead atoms. The summed E-state index contributed by atoms with van der Waals surface area (Å²) in [7, 11) is 0. The molecule has 0 heterocycles. The number of rotatable bonds is 4. The van der Waals surface area contributed by atoms with E-state index in [0.717, 1.165) is 0 Å². The van der Waals surface area contributed by atoms with E-state index in [1.165, 1.54) is 38.9 Å². The first-order valence-corrected chi connectivity index (χ1v) is 7.60. The van der Waals surface area contributed by atoms with Crippen molar-refractivity contribution in [3.8, 4) is 0 Å². The molecule has 1 N–H and O–H groups in total. The highest BCUT2D eigenvalue weighted by molar-refractivity contribution is 7.99. The van der Waals surface area contributed by atoms with Crippen LogP contribution in [-0.4, -0.2) is 16.8 Å². The SMILES string of the molecule is O=C(O)CSCc1c2ccccc2cc2ccccc12. The van der Waals surface area contributed by atoms with Crippen LogP contribution in [0.5, 0.6) is 0 Å². The third-order valence-electron chi connectivity index (χ3n) is 3.35. The van der Waals surface area contributed by atoms with Gasteiger partial charge in [-0.05, 0) is 33.2 Å². The fraction of sp³-hybridized carbons (Fsp3) is 0.118. The average Bonchev–Trinajstić information content (AvgIpc) is 2.46. The summed E-state index contributed by atoms with van der Waals surface area (Å²) in [5.41, 5.74) is 1.23. The molecule has 3 rings (SSSR count). The standard InChI is InChI=1S/C17H14O2S/c18-17(19)11-20-10-16-14-7-3-1-5-12(14)9-13-6-2-4-8-15(13)16/h1-9H,10-11H2,(H,18,19). The molecule has 0 unspecified atom stereocenters. The first-order valence-electron chi connectivity index (χ1n) is 6.44. The third-order valence-corrected chi connectivity index (χ3v) is 4.30. The van der Waals surface area contributed by atoms with Gasteiger partial charge in [-0.1, -0.05) is 48.5 Å². The summed E-state index contributed by atoms with van der Waals surface area (Å²) in [6.07, 6.45) is 0. The topological polar surface area (TPSA) is 37.3 Å². The molecule has 3 heteroatoms. The Bertz CT molecular complexity index is 726. The van der Waals surface area contributed by atoms with Crippen LogP contribution in [0.1, 0.15) is 5.56 Å². The maximum Gasteiger partial charge on any atom is 0.313 e. The number of carboxylic acid groups (broad SMARTS) is 1. The largest absolute Gasteiger partial charge is 0.481 e. The minimum atomic E-state index is -0.764. The number of hydrogen-bond donors (Lipinski definition) is 1. The maximum absolute atomic E-state index is 10.7. The van der Waals surface area contributed by atoms with E-state index in [1.54, 1.807) is 0 Å². The van der Waals surface area contributed by atoms with Crippen molar-refractivity contribution in [3.05, 3.63) is 60.2 Å². The molecular weight excluding hydrogens is 268 g/mol. The molecule has 20 heavy (non-hydrogen) atoms. The van der Waals surface area contributed by atoms with Gasteiger partial charge in [0.05, 0.1) is 5.75 Å². The maximum atomic E-state index is 10.7. The lowest BCUT2D eigenvalue weighted by molar-refractivity contribution is -0.133. The molecule has 0 aliphatic rings. The average molecular weight is 282 g/mol. The fourth-order valence-electron chi connectivity index (χ4n) is 2.50. The van der Waals surface area contributed by atoms with Gasteiger partial charge in [0.25, 0.3) is 0 Å². The van der Waals surface area contributed by atoms with E-state index in [4.69, 9.17) is 5.11 Å². The second-order valence-electron chi connectivity index (χ2n) is 4.68. The van der Waals surface area contributed by atoms with Gasteiger partial charge in [0.2, 0.25) is 0 Å². The molecule has 0 amide bonds. The molecule has 0 saturated carbocycles. The van der Waals surface area contributed by atoms with Crippen molar-refractivity contribution in [2.75, 3.05) is 5.75 Å². The third kappa shape index (κ3) is 2.49. The van der Waals surface area contributed by atoms with Crippen LogP contribution in [0, 0.1) is 0 Å². The van der Waals surface area contributed by atoms with Crippen LogP contribution in [0.2, 0.25) is 0 Å². The van der Waals surface area contributed by atoms with Gasteiger partial charge in [0.15, 0.2) is 0 Å². The molecule has 0 aromatic heterocycles. The molecule has 0 aliphatic carbocycles. The summed E-state index contributed by atoms with van der Waals surface area (Å²) >= 11 is 1.44. The predicted octanol–water partition coefficient (Wildman–Crippen LogP) is 4.31. The van der Waals surface area contributed by atoms with Gasteiger partial charge in [-0.25, -0.2) is 0 Å². The van der Waals surface area contributed by atoms with Crippen molar-refractivity contribution in [1.82, 2.24) is 0 Å². The number of benzene rings is 3. The Morgan fingerprint density at radius 2 is 1.50 bits per heavy atom. The number of aliphatic carboxylic acids is 1. The summed E-state index contributed by atoms with van der Waals surface area (Å²) in [5, 5.41) is 13.6. The van der Waals surface area contributed by atoms with Crippen LogP contribution < -0.4 is 0 Å². The summed E-state index contributed by atoms with van der Waals surface area (Å²) in [6, 6.07) is 18.7. The van der Waals surface area contributed by atoms with Crippen molar-refractivity contribution < 1.29 is 9.90 Å². The molecule has 0 spiro atoms. The predicted molar refractivity (Wildman–Crippen MR) is 85.3 cm³/mol. The quantitative estimate of drug-likeness (QED) is 0.724. The molecule has 0 atom stereocenters. The van der Waals surface area contributed by atoms with Crippen molar-refractivity contribution >= 4 is 39.3 Å². The lowest BCUT2D eigenvalue weighted by Gasteiger charge is -2.11. The Morgan fingerprint density at radius 1 is 0.950 bits per heavy atom. The molecule has 0 saturated heterocycles. The van der Waals surface area contributed by atoms with Gasteiger partial charge in [0.1, 0.15) is 0 Å². The van der Waals surface area contributed by atoms with E-state index in [-0.39, 0.29) is 5.75 Å². The normalized spacial score (nSPS) is 11.0. The zero-order valence-corrected chi connectivity index (χ0v) is 11.7. The van der Waals surface area contributed by atoms with Gasteiger partial charge in [-0.2, -0.15) is 0 Å². The zero-order valence-electron chi connectivity index (χ0n) is 10.9. The number of thioether (sulfide) groups is 1. The van der Waals surface area contributed by atoms with Crippen molar-refractivity contribution in [3.63, 3.8) is 0 Å². The summed E-state index contributed by atoms with van der Waals surface area (Å²) in [5.74, 6) is 0.0886. The van der Waals surface area contributed by atoms with Gasteiger partial charge >= 0.3 is 5.97 Å². The zero-order chi connectivity index (χ0) is 13.9. The van der Waals surface area contributed by atoms with E-state index in [9.17, 15) is 4.79 Å². The van der Waals surface area contributed by atoms with Gasteiger partial charge in [-0.15, -0.1) is 11.8 Å². The number of carbonyl (C=O) groups is 1. The van der Waals surface area contributed by atoms with Crippen LogP contribution in [0.3, 0.4) is 0 Å². The van der Waals surface area contributed by atoms with Crippen LogP contribution in [0.15, 0.2) is 54.6 Å². The van der Waals surface area contributed by atoms with E-state index in [1.807, 2.05) is 24.3 Å². The Kier molecular flexibility index (Phi) is 3.61. The van der Waals surface area contributed by atoms with Gasteiger partial charge in [0, 0.05) is 5.75 Å². The highest BCUT2D eigenvalue weighted by Gasteiger charge is 2.08. The highest BCUT2D eigenvalue weighted by Crippen LogP contribution is 2.31. The Balaban J connectivity index is 2.15. The minimum absolute atomic E-state index is 0.136. The Labute approximate surface area is 121 Å². The van der Waals surface area contributed by atoms with Crippen molar-refractivity contribution in [2.24, 2.45) is 0 Å². The molecule has 3 aromatic carbocycles. The van der Waals surface area contributed by atoms with E-state index in [2.05, 4.69) is 30.3 Å². The Morgan fingerprint density at radius 3 is 2.05 bits per heavy atom. The van der Waals surface area contributed by atoms with Gasteiger partial charge in [-0.3, -0.25) is 4.79 Å². The second-order valence-corrected chi connectivity index (χ2v) is 5.67. The number of hydrogen-bond acceptors (Lipinski definition) is 2. The van der Waals surface area contributed by atoms with E-state index in [0.29, 0.717) is 5.75 Å². The molecule has 3 aromatic rings. The highest BCUT2D eigenvalue weighted by atomic mass is 32.2. The lowest BCUT2D eigenvalue weighted by atomic mass is 9.98. The molecular formula is C17H14O2S. The first-order chi connectivity index (χ1) is 9.75. The summed E-state index contributed by atoms with van der Waals surface area (Å²) in [4.78, 5) is 10.7. The smallest absolute Gasteiger partial charge is 0.313 e. The van der Waals surface area contributed by atoms with Crippen LogP contribution in [0.25, 0.3) is 21.5 Å². The number of carboxylic acids is 1. The molecule has 100 valence electrons. The number of fused-ring (bicyclic) bond motifs is 2. The molecule has 0 fully saturated rings. The first kappa shape index (κ1) is 13.0. The van der Waals surface area contributed by atoms with Crippen LogP contribution in [0.4, 0.5) is 0 Å².